The molecule has 0 saturated heterocycles. The Morgan fingerprint density at radius 3 is 2.74 bits per heavy atom. The second kappa shape index (κ2) is 5.68. The average molecular weight is 320 g/mol. The van der Waals surface area contributed by atoms with Crippen molar-refractivity contribution in [2.24, 2.45) is 0 Å². The minimum absolute atomic E-state index is 0.0357. The number of phenols is 1. The summed E-state index contributed by atoms with van der Waals surface area (Å²) in [6, 6.07) is 2.47. The molecule has 0 spiro atoms. The summed E-state index contributed by atoms with van der Waals surface area (Å²) < 4.78 is 21.2. The maximum atomic E-state index is 12.9. The molecule has 0 saturated carbocycles. The molecule has 2 aromatic rings. The van der Waals surface area contributed by atoms with E-state index in [0.29, 0.717) is 12.2 Å². The summed E-state index contributed by atoms with van der Waals surface area (Å²) in [7, 11) is 2.62. The fourth-order valence-electron chi connectivity index (χ4n) is 2.79. The van der Waals surface area contributed by atoms with E-state index in [2.05, 4.69) is 4.74 Å². The van der Waals surface area contributed by atoms with Crippen molar-refractivity contribution in [2.45, 2.75) is 25.7 Å². The highest BCUT2D eigenvalue weighted by atomic mass is 16.7. The van der Waals surface area contributed by atoms with E-state index in [1.165, 1.54) is 26.4 Å². The van der Waals surface area contributed by atoms with Crippen molar-refractivity contribution in [2.75, 3.05) is 14.2 Å². The minimum Gasteiger partial charge on any atom is -0.508 e. The molecule has 1 aliphatic rings. The Balaban J connectivity index is 2.38. The zero-order valence-corrected chi connectivity index (χ0v) is 12.9. The number of rotatable bonds is 2. The maximum absolute atomic E-state index is 12.9. The Labute approximate surface area is 131 Å². The highest BCUT2D eigenvalue weighted by Gasteiger charge is 2.32. The van der Waals surface area contributed by atoms with E-state index in [0.717, 1.165) is 0 Å². The van der Waals surface area contributed by atoms with Crippen LogP contribution in [0.4, 0.5) is 0 Å². The topological polar surface area (TPSA) is 95.2 Å². The lowest BCUT2D eigenvalue weighted by molar-refractivity contribution is -0.166. The van der Waals surface area contributed by atoms with Crippen LogP contribution in [0.3, 0.4) is 0 Å². The van der Waals surface area contributed by atoms with Crippen LogP contribution in [-0.2, 0) is 20.6 Å². The molecule has 2 heterocycles. The SMILES string of the molecule is COC(=O)c1cc(O)cc2oc3c(c(=O)c12)[C@@H](OC)O[C@H](C)C3. The predicted octanol–water partition coefficient (Wildman–Crippen LogP) is 1.89. The summed E-state index contributed by atoms with van der Waals surface area (Å²) in [6.45, 7) is 1.83. The Morgan fingerprint density at radius 1 is 1.35 bits per heavy atom. The molecule has 1 aromatic carbocycles. The van der Waals surface area contributed by atoms with Gasteiger partial charge in [0.1, 0.15) is 17.1 Å². The summed E-state index contributed by atoms with van der Waals surface area (Å²) in [5.41, 5.74) is -0.139. The molecule has 7 heteroatoms. The number of phenolic OH excluding ortho intramolecular Hbond substituents is 1. The summed E-state index contributed by atoms with van der Waals surface area (Å²) >= 11 is 0. The van der Waals surface area contributed by atoms with E-state index >= 15 is 0 Å². The van der Waals surface area contributed by atoms with Crippen LogP contribution in [0, 0.1) is 0 Å². The Morgan fingerprint density at radius 2 is 2.09 bits per heavy atom. The summed E-state index contributed by atoms with van der Waals surface area (Å²) in [5, 5.41) is 9.82. The molecule has 0 unspecified atom stereocenters. The normalized spacial score (nSPS) is 20.3. The van der Waals surface area contributed by atoms with E-state index < -0.39 is 17.7 Å². The van der Waals surface area contributed by atoms with Crippen LogP contribution in [0.2, 0.25) is 0 Å². The molecule has 1 N–H and O–H groups in total. The molecule has 0 fully saturated rings. The van der Waals surface area contributed by atoms with Crippen molar-refractivity contribution < 1.29 is 28.5 Å². The highest BCUT2D eigenvalue weighted by Crippen LogP contribution is 2.33. The monoisotopic (exact) mass is 320 g/mol. The second-order valence-corrected chi connectivity index (χ2v) is 5.34. The number of hydrogen-bond donors (Lipinski definition) is 1. The van der Waals surface area contributed by atoms with Crippen molar-refractivity contribution in [3.63, 3.8) is 0 Å². The summed E-state index contributed by atoms with van der Waals surface area (Å²) in [5.74, 6) is -0.504. The molecule has 2 atom stereocenters. The molecular weight excluding hydrogens is 304 g/mol. The van der Waals surface area contributed by atoms with Crippen LogP contribution in [0.25, 0.3) is 11.0 Å². The van der Waals surface area contributed by atoms with Gasteiger partial charge in [-0.25, -0.2) is 4.79 Å². The van der Waals surface area contributed by atoms with Crippen molar-refractivity contribution in [3.05, 3.63) is 39.2 Å². The third-order valence-corrected chi connectivity index (χ3v) is 3.78. The van der Waals surface area contributed by atoms with Crippen LogP contribution in [0.5, 0.6) is 5.75 Å². The van der Waals surface area contributed by atoms with Crippen molar-refractivity contribution >= 4 is 16.9 Å². The molecule has 0 aliphatic carbocycles. The van der Waals surface area contributed by atoms with Crippen LogP contribution >= 0.6 is 0 Å². The first-order valence-corrected chi connectivity index (χ1v) is 7.05. The van der Waals surface area contributed by atoms with Gasteiger partial charge in [-0.3, -0.25) is 4.79 Å². The van der Waals surface area contributed by atoms with Crippen LogP contribution < -0.4 is 5.43 Å². The van der Waals surface area contributed by atoms with Gasteiger partial charge in [0.25, 0.3) is 0 Å². The third kappa shape index (κ3) is 2.47. The number of esters is 1. The van der Waals surface area contributed by atoms with Gasteiger partial charge >= 0.3 is 5.97 Å². The van der Waals surface area contributed by atoms with Crippen LogP contribution in [0.1, 0.15) is 34.9 Å². The minimum atomic E-state index is -0.867. The maximum Gasteiger partial charge on any atom is 0.338 e. The second-order valence-electron chi connectivity index (χ2n) is 5.34. The number of aromatic hydroxyl groups is 1. The number of benzene rings is 1. The average Bonchev–Trinajstić information content (AvgIpc) is 2.51. The molecule has 0 radical (unpaired) electrons. The first kappa shape index (κ1) is 15.5. The number of fused-ring (bicyclic) bond motifs is 2. The molecule has 122 valence electrons. The number of methoxy groups -OCH3 is 2. The highest BCUT2D eigenvalue weighted by molar-refractivity contribution is 6.03. The first-order chi connectivity index (χ1) is 11.0. The van der Waals surface area contributed by atoms with E-state index in [1.54, 1.807) is 0 Å². The fourth-order valence-corrected chi connectivity index (χ4v) is 2.79. The molecule has 7 nitrogen and oxygen atoms in total. The lowest BCUT2D eigenvalue weighted by Gasteiger charge is -2.28. The summed E-state index contributed by atoms with van der Waals surface area (Å²) in [6.07, 6.45) is -0.664. The van der Waals surface area contributed by atoms with E-state index in [-0.39, 0.29) is 33.9 Å². The van der Waals surface area contributed by atoms with Gasteiger partial charge in [-0.05, 0) is 13.0 Å². The number of ether oxygens (including phenoxy) is 3. The molecule has 1 aromatic heterocycles. The zero-order valence-electron chi connectivity index (χ0n) is 12.9. The van der Waals surface area contributed by atoms with Gasteiger partial charge in [0.05, 0.1) is 29.7 Å². The Bertz CT molecular complexity index is 836. The molecule has 3 rings (SSSR count). The van der Waals surface area contributed by atoms with Gasteiger partial charge < -0.3 is 23.7 Å². The fraction of sp³-hybridized carbons (Fsp3) is 0.375. The van der Waals surface area contributed by atoms with Crippen LogP contribution in [-0.4, -0.2) is 31.4 Å². The van der Waals surface area contributed by atoms with Gasteiger partial charge in [-0.1, -0.05) is 0 Å². The van der Waals surface area contributed by atoms with Gasteiger partial charge in [-0.15, -0.1) is 0 Å². The standard InChI is InChI=1S/C16H16O7/c1-7-4-10-13(16(21-3)22-7)14(18)12-9(15(19)20-2)5-8(17)6-11(12)23-10/h5-7,16-17H,4H2,1-3H3/t7-,16+/m1/s1. The van der Waals surface area contributed by atoms with Crippen molar-refractivity contribution in [1.29, 1.82) is 0 Å². The van der Waals surface area contributed by atoms with Gasteiger partial charge in [0.2, 0.25) is 5.43 Å². The molecular formula is C16H16O7. The lowest BCUT2D eigenvalue weighted by atomic mass is 10.0. The zero-order chi connectivity index (χ0) is 16.7. The Kier molecular flexibility index (Phi) is 3.83. The van der Waals surface area contributed by atoms with Crippen molar-refractivity contribution in [3.8, 4) is 5.75 Å². The number of carbonyl (C=O) groups excluding carboxylic acids is 1. The summed E-state index contributed by atoms with van der Waals surface area (Å²) in [4.78, 5) is 24.8. The lowest BCUT2D eigenvalue weighted by Crippen LogP contribution is -2.30. The quantitative estimate of drug-likeness (QED) is 0.844. The molecule has 0 bridgehead atoms. The molecule has 23 heavy (non-hydrogen) atoms. The third-order valence-electron chi connectivity index (χ3n) is 3.78. The Hall–Kier alpha value is -2.38. The van der Waals surface area contributed by atoms with Crippen LogP contribution in [0.15, 0.2) is 21.3 Å². The van der Waals surface area contributed by atoms with E-state index in [1.807, 2.05) is 6.92 Å². The number of hydrogen-bond acceptors (Lipinski definition) is 7. The molecule has 1 aliphatic heterocycles. The van der Waals surface area contributed by atoms with Crippen molar-refractivity contribution in [1.82, 2.24) is 0 Å². The van der Waals surface area contributed by atoms with Gasteiger partial charge in [0, 0.05) is 19.6 Å². The van der Waals surface area contributed by atoms with Gasteiger partial charge in [-0.2, -0.15) is 0 Å². The van der Waals surface area contributed by atoms with E-state index in [4.69, 9.17) is 13.9 Å². The predicted molar refractivity (Wildman–Crippen MR) is 79.5 cm³/mol. The first-order valence-electron chi connectivity index (χ1n) is 7.05. The largest absolute Gasteiger partial charge is 0.508 e. The van der Waals surface area contributed by atoms with Gasteiger partial charge in [0.15, 0.2) is 6.29 Å². The smallest absolute Gasteiger partial charge is 0.338 e. The molecule has 0 amide bonds. The number of carbonyl (C=O) groups is 1. The van der Waals surface area contributed by atoms with E-state index in [9.17, 15) is 14.7 Å².